The molecule has 0 aromatic heterocycles. The molecule has 0 amide bonds. The van der Waals surface area contributed by atoms with E-state index in [4.69, 9.17) is 4.74 Å². The fourth-order valence-corrected chi connectivity index (χ4v) is 4.80. The summed E-state index contributed by atoms with van der Waals surface area (Å²) in [7, 11) is 0. The fraction of sp³-hybridized carbons (Fsp3) is 0.938. The van der Waals surface area contributed by atoms with Crippen LogP contribution in [0.3, 0.4) is 0 Å². The van der Waals surface area contributed by atoms with Gasteiger partial charge in [0.05, 0.1) is 0 Å². The number of carbonyl (C=O) groups excluding carboxylic acids is 2. The number of carbonyl (C=O) groups is 2. The second kappa shape index (κ2) is 38.4. The summed E-state index contributed by atoms with van der Waals surface area (Å²) in [5.74, 6) is -0.652. The topological polar surface area (TPSA) is 43.4 Å². The van der Waals surface area contributed by atoms with Gasteiger partial charge in [-0.1, -0.05) is 168 Å². The summed E-state index contributed by atoms with van der Waals surface area (Å²) in [6, 6.07) is 0. The molecule has 3 nitrogen and oxygen atoms in total. The molecule has 0 aromatic carbocycles. The van der Waals surface area contributed by atoms with Crippen LogP contribution in [0.5, 0.6) is 0 Å². The van der Waals surface area contributed by atoms with Gasteiger partial charge in [-0.3, -0.25) is 9.59 Å². The van der Waals surface area contributed by atoms with E-state index in [9.17, 15) is 9.59 Å². The summed E-state index contributed by atoms with van der Waals surface area (Å²) in [4.78, 5) is 23.7. The van der Waals surface area contributed by atoms with Crippen LogP contribution in [0.25, 0.3) is 0 Å². The van der Waals surface area contributed by atoms with Gasteiger partial charge in [0.1, 0.15) is 0 Å². The first-order valence-corrected chi connectivity index (χ1v) is 15.9. The van der Waals surface area contributed by atoms with Crippen molar-refractivity contribution in [3.63, 3.8) is 0 Å². The second-order valence-electron chi connectivity index (χ2n) is 10.8. The summed E-state index contributed by atoms with van der Waals surface area (Å²) >= 11 is 0. The first-order chi connectivity index (χ1) is 17.2. The molecule has 0 aliphatic carbocycles. The van der Waals surface area contributed by atoms with Crippen LogP contribution in [-0.2, 0) is 14.3 Å². The third-order valence-electron chi connectivity index (χ3n) is 7.20. The van der Waals surface area contributed by atoms with E-state index in [0.717, 1.165) is 25.7 Å². The van der Waals surface area contributed by atoms with E-state index in [1.165, 1.54) is 141 Å². The van der Waals surface area contributed by atoms with Crippen molar-refractivity contribution in [2.45, 2.75) is 194 Å². The first-order valence-electron chi connectivity index (χ1n) is 15.9. The van der Waals surface area contributed by atoms with Crippen LogP contribution < -0.4 is 0 Å². The van der Waals surface area contributed by atoms with Gasteiger partial charge in [0.2, 0.25) is 0 Å². The molecule has 0 spiro atoms. The van der Waals surface area contributed by atoms with Crippen LogP contribution >= 0.6 is 0 Å². The van der Waals surface area contributed by atoms with Gasteiger partial charge in [-0.25, -0.2) is 0 Å². The Balaban J connectivity index is -0.00000578. The van der Waals surface area contributed by atoms with E-state index in [-0.39, 0.29) is 115 Å². The molecule has 0 unspecified atom stereocenters. The van der Waals surface area contributed by atoms with Crippen LogP contribution in [0.2, 0.25) is 0 Å². The molecule has 0 heterocycles. The molecular formula is C32H64K2O3. The van der Waals surface area contributed by atoms with Gasteiger partial charge in [-0.2, -0.15) is 0 Å². The second-order valence-corrected chi connectivity index (χ2v) is 10.8. The van der Waals surface area contributed by atoms with Crippen LogP contribution in [-0.4, -0.2) is 115 Å². The average molecular weight is 575 g/mol. The number of rotatable bonds is 28. The number of esters is 2. The van der Waals surface area contributed by atoms with Gasteiger partial charge in [0.25, 0.3) is 0 Å². The van der Waals surface area contributed by atoms with E-state index in [0.29, 0.717) is 12.8 Å². The molecule has 0 bridgehead atoms. The Morgan fingerprint density at radius 3 is 0.757 bits per heavy atom. The Kier molecular flexibility index (Phi) is 45.5. The van der Waals surface area contributed by atoms with Crippen molar-refractivity contribution in [3.8, 4) is 0 Å². The summed E-state index contributed by atoms with van der Waals surface area (Å²) in [6.07, 6.45) is 34.3. The maximum atomic E-state index is 11.8. The van der Waals surface area contributed by atoms with E-state index in [2.05, 4.69) is 13.8 Å². The quantitative estimate of drug-likeness (QED) is 0.0404. The average Bonchev–Trinajstić information content (AvgIpc) is 2.85. The summed E-state index contributed by atoms with van der Waals surface area (Å²) < 4.78 is 4.99. The third-order valence-corrected chi connectivity index (χ3v) is 7.20. The van der Waals surface area contributed by atoms with Crippen LogP contribution in [0.4, 0.5) is 0 Å². The summed E-state index contributed by atoms with van der Waals surface area (Å²) in [5, 5.41) is 0. The Bertz CT molecular complexity index is 417. The number of hydrogen-bond acceptors (Lipinski definition) is 3. The maximum absolute atomic E-state index is 11.8. The molecule has 0 aliphatic rings. The molecule has 0 N–H and O–H groups in total. The van der Waals surface area contributed by atoms with Crippen molar-refractivity contribution in [1.29, 1.82) is 0 Å². The molecule has 0 saturated carbocycles. The first kappa shape index (κ1) is 43.9. The van der Waals surface area contributed by atoms with Gasteiger partial charge < -0.3 is 4.74 Å². The monoisotopic (exact) mass is 574 g/mol. The molecule has 0 aliphatic heterocycles. The van der Waals surface area contributed by atoms with Gasteiger partial charge in [-0.15, -0.1) is 0 Å². The van der Waals surface area contributed by atoms with Gasteiger partial charge in [-0.05, 0) is 12.8 Å². The summed E-state index contributed by atoms with van der Waals surface area (Å²) in [6.45, 7) is 4.54. The van der Waals surface area contributed by atoms with Crippen molar-refractivity contribution in [2.75, 3.05) is 0 Å². The molecule has 0 rings (SSSR count). The zero-order valence-corrected chi connectivity index (χ0v) is 24.0. The van der Waals surface area contributed by atoms with Gasteiger partial charge in [0, 0.05) is 12.8 Å². The Morgan fingerprint density at radius 2 is 0.541 bits per heavy atom. The molecule has 0 atom stereocenters. The number of unbranched alkanes of at least 4 members (excludes halogenated alkanes) is 24. The van der Waals surface area contributed by atoms with Crippen LogP contribution in [0.15, 0.2) is 0 Å². The SMILES string of the molecule is CCCCCCCCCCCCCCCC(=O)OC(=O)CCCCCCCCCCCCCCC.[KH].[KH]. The normalized spacial score (nSPS) is 10.5. The predicted molar refractivity (Wildman–Crippen MR) is 166 cm³/mol. The van der Waals surface area contributed by atoms with E-state index in [1.807, 2.05) is 0 Å². The van der Waals surface area contributed by atoms with Crippen molar-refractivity contribution in [3.05, 3.63) is 0 Å². The van der Waals surface area contributed by atoms with Crippen LogP contribution in [0.1, 0.15) is 194 Å². The van der Waals surface area contributed by atoms with E-state index >= 15 is 0 Å². The predicted octanol–water partition coefficient (Wildman–Crippen LogP) is 9.72. The molecule has 0 aromatic rings. The molecule has 0 fully saturated rings. The minimum atomic E-state index is -0.326. The molecule has 37 heavy (non-hydrogen) atoms. The molecule has 0 radical (unpaired) electrons. The summed E-state index contributed by atoms with van der Waals surface area (Å²) in [5.41, 5.74) is 0. The van der Waals surface area contributed by atoms with E-state index < -0.39 is 0 Å². The molecule has 5 heteroatoms. The number of hydrogen-bond donors (Lipinski definition) is 0. The molecule has 0 saturated heterocycles. The van der Waals surface area contributed by atoms with Crippen molar-refractivity contribution >= 4 is 115 Å². The van der Waals surface area contributed by atoms with Gasteiger partial charge >= 0.3 is 115 Å². The third kappa shape index (κ3) is 38.4. The van der Waals surface area contributed by atoms with Gasteiger partial charge in [0.15, 0.2) is 0 Å². The van der Waals surface area contributed by atoms with Crippen LogP contribution in [0, 0.1) is 0 Å². The Hall–Kier alpha value is 2.41. The minimum absolute atomic E-state index is 0. The Morgan fingerprint density at radius 1 is 0.351 bits per heavy atom. The zero-order valence-electron chi connectivity index (χ0n) is 24.0. The Labute approximate surface area is 317 Å². The molecule has 212 valence electrons. The van der Waals surface area contributed by atoms with Crippen molar-refractivity contribution in [2.24, 2.45) is 0 Å². The molecular weight excluding hydrogens is 511 g/mol. The van der Waals surface area contributed by atoms with Crippen molar-refractivity contribution < 1.29 is 14.3 Å². The number of ether oxygens (including phenoxy) is 1. The fourth-order valence-electron chi connectivity index (χ4n) is 4.80. The van der Waals surface area contributed by atoms with Crippen molar-refractivity contribution in [1.82, 2.24) is 0 Å². The standard InChI is InChI=1S/C32H62O3.2K.2H/c1-3-5-7-9-11-13-15-17-19-21-23-25-27-29-31(33)35-32(34)30-28-26-24-22-20-18-16-14-12-10-8-6-4-2;;;;/h3-30H2,1-2H3;;;;. The zero-order chi connectivity index (χ0) is 25.7. The van der Waals surface area contributed by atoms with E-state index in [1.54, 1.807) is 0 Å².